The van der Waals surface area contributed by atoms with Crippen molar-refractivity contribution in [1.82, 2.24) is 25.8 Å². The summed E-state index contributed by atoms with van der Waals surface area (Å²) in [6, 6.07) is 0.338. The van der Waals surface area contributed by atoms with Crippen LogP contribution in [-0.2, 0) is 19.1 Å². The molecule has 1 saturated carbocycles. The molecule has 2 aliphatic rings. The molecular weight excluding hydrogens is 578 g/mol. The van der Waals surface area contributed by atoms with Gasteiger partial charge in [0, 0.05) is 25.7 Å². The number of ether oxygens (including phenoxy) is 2. The summed E-state index contributed by atoms with van der Waals surface area (Å²) >= 11 is 5.96. The Morgan fingerprint density at radius 3 is 2.30 bits per heavy atom. The first-order valence-electron chi connectivity index (χ1n) is 14.8. The molecule has 0 radical (unpaired) electrons. The number of hydrogen-bond acceptors (Lipinski definition) is 8. The number of aromatic nitrogens is 1. The van der Waals surface area contributed by atoms with Crippen molar-refractivity contribution < 1.29 is 33.8 Å². The van der Waals surface area contributed by atoms with E-state index in [-0.39, 0.29) is 24.8 Å². The number of nitrogens with one attached hydrogen (secondary N) is 3. The van der Waals surface area contributed by atoms with Gasteiger partial charge in [0.05, 0.1) is 17.6 Å². The van der Waals surface area contributed by atoms with Crippen LogP contribution in [0.25, 0.3) is 0 Å². The Hall–Kier alpha value is -3.12. The number of likely N-dealkylation sites (tertiary alicyclic amines) is 1. The first-order chi connectivity index (χ1) is 20.0. The highest BCUT2D eigenvalue weighted by Gasteiger charge is 2.47. The molecule has 5 atom stereocenters. The van der Waals surface area contributed by atoms with Crippen molar-refractivity contribution in [3.63, 3.8) is 0 Å². The van der Waals surface area contributed by atoms with Gasteiger partial charge >= 0.3 is 6.09 Å². The Labute approximate surface area is 258 Å². The van der Waals surface area contributed by atoms with Crippen LogP contribution in [0.3, 0.4) is 0 Å². The third-order valence-electron chi connectivity index (χ3n) is 7.65. The minimum absolute atomic E-state index is 0.0368. The van der Waals surface area contributed by atoms with Crippen LogP contribution < -0.4 is 20.7 Å². The summed E-state index contributed by atoms with van der Waals surface area (Å²) in [6.45, 7) is 10.6. The summed E-state index contributed by atoms with van der Waals surface area (Å²) in [5.41, 5.74) is -1.52. The van der Waals surface area contributed by atoms with E-state index < -0.39 is 65.2 Å². The molecule has 3 rings (SSSR count). The number of rotatable bonds is 10. The fourth-order valence-electron chi connectivity index (χ4n) is 5.18. The van der Waals surface area contributed by atoms with Crippen molar-refractivity contribution >= 4 is 35.4 Å². The van der Waals surface area contributed by atoms with Gasteiger partial charge in [0.1, 0.15) is 23.8 Å². The number of likely N-dealkylation sites (N-methyl/N-ethyl adjacent to an activating group) is 1. The van der Waals surface area contributed by atoms with Gasteiger partial charge in [-0.1, -0.05) is 51.6 Å². The lowest BCUT2D eigenvalue weighted by molar-refractivity contribution is -0.143. The number of halogens is 1. The van der Waals surface area contributed by atoms with E-state index >= 15 is 0 Å². The first kappa shape index (κ1) is 34.4. The number of hydrogen-bond donors (Lipinski definition) is 4. The van der Waals surface area contributed by atoms with E-state index in [1.54, 1.807) is 53.7 Å². The smallest absolute Gasteiger partial charge is 0.408 e. The molecule has 13 heteroatoms. The maximum absolute atomic E-state index is 14.1. The van der Waals surface area contributed by atoms with Crippen molar-refractivity contribution in [1.29, 1.82) is 0 Å². The first-order valence-corrected chi connectivity index (χ1v) is 15.1. The van der Waals surface area contributed by atoms with Crippen LogP contribution in [-0.4, -0.2) is 88.3 Å². The quantitative estimate of drug-likeness (QED) is 0.310. The summed E-state index contributed by atoms with van der Waals surface area (Å²) < 4.78 is 11.4. The average molecular weight is 624 g/mol. The molecule has 4 N–H and O–H groups in total. The third-order valence-corrected chi connectivity index (χ3v) is 7.87. The summed E-state index contributed by atoms with van der Waals surface area (Å²) in [7, 11) is 1.42. The van der Waals surface area contributed by atoms with Gasteiger partial charge in [-0.3, -0.25) is 14.4 Å². The fourth-order valence-corrected chi connectivity index (χ4v) is 5.29. The zero-order valence-electron chi connectivity index (χ0n) is 26.1. The second kappa shape index (κ2) is 14.1. The van der Waals surface area contributed by atoms with E-state index in [9.17, 15) is 24.3 Å². The number of pyridine rings is 1. The number of nitrogens with zero attached hydrogens (tertiary/aromatic N) is 2. The van der Waals surface area contributed by atoms with Crippen LogP contribution in [0, 0.1) is 11.3 Å². The maximum atomic E-state index is 14.1. The van der Waals surface area contributed by atoms with Crippen molar-refractivity contribution in [2.75, 3.05) is 13.6 Å². The highest BCUT2D eigenvalue weighted by molar-refractivity contribution is 6.30. The Morgan fingerprint density at radius 1 is 1.12 bits per heavy atom. The predicted octanol–water partition coefficient (Wildman–Crippen LogP) is 2.80. The number of amides is 4. The number of aliphatic hydroxyl groups excluding tert-OH is 1. The van der Waals surface area contributed by atoms with Gasteiger partial charge in [0.25, 0.3) is 5.91 Å². The van der Waals surface area contributed by atoms with Crippen LogP contribution in [0.5, 0.6) is 5.88 Å². The van der Waals surface area contributed by atoms with Gasteiger partial charge < -0.3 is 35.4 Å². The zero-order chi connectivity index (χ0) is 32.1. The van der Waals surface area contributed by atoms with Gasteiger partial charge in [0.2, 0.25) is 17.7 Å². The molecule has 1 aliphatic heterocycles. The van der Waals surface area contributed by atoms with Crippen LogP contribution in [0.15, 0.2) is 18.3 Å². The van der Waals surface area contributed by atoms with Gasteiger partial charge in [-0.25, -0.2) is 9.78 Å². The van der Waals surface area contributed by atoms with E-state index in [1.807, 2.05) is 0 Å². The molecule has 4 amide bonds. The lowest BCUT2D eigenvalue weighted by atomic mass is 9.79. The van der Waals surface area contributed by atoms with Crippen LogP contribution in [0.2, 0.25) is 5.02 Å². The van der Waals surface area contributed by atoms with E-state index in [0.29, 0.717) is 11.4 Å². The largest absolute Gasteiger partial charge is 0.472 e. The average Bonchev–Trinajstić information content (AvgIpc) is 3.30. The van der Waals surface area contributed by atoms with Gasteiger partial charge in [0.15, 0.2) is 6.10 Å². The number of alkyl carbamates (subject to hydrolysis) is 1. The molecule has 240 valence electrons. The van der Waals surface area contributed by atoms with E-state index in [1.165, 1.54) is 18.1 Å². The van der Waals surface area contributed by atoms with Gasteiger partial charge in [-0.2, -0.15) is 0 Å². The number of carbonyl (C=O) groups excluding carboxylic acids is 4. The Balaban J connectivity index is 1.88. The highest BCUT2D eigenvalue weighted by Crippen LogP contribution is 2.32. The summed E-state index contributed by atoms with van der Waals surface area (Å²) in [5, 5.41) is 19.2. The van der Waals surface area contributed by atoms with Crippen LogP contribution in [0.1, 0.15) is 73.6 Å². The number of carbonyl (C=O) groups is 4. The molecule has 0 aromatic carbocycles. The maximum Gasteiger partial charge on any atom is 0.408 e. The van der Waals surface area contributed by atoms with Crippen molar-refractivity contribution in [3.05, 3.63) is 23.4 Å². The topological polar surface area (TPSA) is 159 Å². The normalized spacial score (nSPS) is 21.2. The van der Waals surface area contributed by atoms with E-state index in [4.69, 9.17) is 21.1 Å². The van der Waals surface area contributed by atoms with Crippen LogP contribution in [0.4, 0.5) is 4.79 Å². The molecule has 2 heterocycles. The minimum Gasteiger partial charge on any atom is -0.472 e. The highest BCUT2D eigenvalue weighted by atomic mass is 35.5. The molecule has 1 aromatic rings. The molecular formula is C30H46ClN5O7. The predicted molar refractivity (Wildman–Crippen MR) is 160 cm³/mol. The van der Waals surface area contributed by atoms with Gasteiger partial charge in [-0.15, -0.1) is 0 Å². The van der Waals surface area contributed by atoms with Gasteiger partial charge in [-0.05, 0) is 44.6 Å². The second-order valence-electron chi connectivity index (χ2n) is 13.4. The molecule has 1 saturated heterocycles. The van der Waals surface area contributed by atoms with Crippen LogP contribution >= 0.6 is 11.6 Å². The van der Waals surface area contributed by atoms with Crippen molar-refractivity contribution in [3.8, 4) is 5.88 Å². The van der Waals surface area contributed by atoms with Crippen molar-refractivity contribution in [2.45, 2.75) is 110 Å². The Kier molecular flexibility index (Phi) is 11.3. The molecule has 1 aromatic heterocycles. The molecule has 1 aliphatic carbocycles. The number of aliphatic hydroxyl groups is 1. The molecule has 0 spiro atoms. The Morgan fingerprint density at radius 2 is 1.79 bits per heavy atom. The fraction of sp³-hybridized carbons (Fsp3) is 0.700. The third kappa shape index (κ3) is 9.69. The lowest BCUT2D eigenvalue weighted by Gasteiger charge is -2.36. The molecule has 2 fully saturated rings. The monoisotopic (exact) mass is 623 g/mol. The summed E-state index contributed by atoms with van der Waals surface area (Å²) in [4.78, 5) is 58.6. The van der Waals surface area contributed by atoms with E-state index in [0.717, 1.165) is 19.3 Å². The summed E-state index contributed by atoms with van der Waals surface area (Å²) in [5.74, 6) is -1.06. The molecule has 43 heavy (non-hydrogen) atoms. The SMILES string of the molecule is CNC(=O)C(O)[C@H](CC1CCC1)NC(=O)C1C[C@@H](Oc2ccc(Cl)cn2)CN1C(=O)[C@@H](NC(=O)OC(C)(C)C)C(C)(C)C. The molecule has 0 bridgehead atoms. The Bertz CT molecular complexity index is 1150. The standard InChI is InChI=1S/C30H46ClN5O7/c1-29(2,3)24(35-28(41)43-30(4,5)6)27(40)36-16-19(42-22-12-11-18(31)15-33-22)14-21(36)25(38)34-20(13-17-9-8-10-17)23(37)26(39)32-7/h11-12,15,17,19-21,23-24,37H,8-10,13-14,16H2,1-7H3,(H,32,39)(H,34,38)(H,35,41)/t19-,20+,21?,23?,24-/m1/s1. The minimum atomic E-state index is -1.46. The zero-order valence-corrected chi connectivity index (χ0v) is 26.9. The van der Waals surface area contributed by atoms with E-state index in [2.05, 4.69) is 20.9 Å². The molecule has 2 unspecified atom stereocenters. The lowest BCUT2D eigenvalue weighted by Crippen LogP contribution is -2.60. The molecule has 12 nitrogen and oxygen atoms in total. The van der Waals surface area contributed by atoms with Crippen molar-refractivity contribution in [2.24, 2.45) is 11.3 Å². The summed E-state index contributed by atoms with van der Waals surface area (Å²) in [6.07, 6.45) is 2.13. The second-order valence-corrected chi connectivity index (χ2v) is 13.9.